The Bertz CT molecular complexity index is 470. The molecule has 0 unspecified atom stereocenters. The molecule has 0 aliphatic rings. The summed E-state index contributed by atoms with van der Waals surface area (Å²) in [5, 5.41) is 3.09. The van der Waals surface area contributed by atoms with Crippen LogP contribution in [-0.2, 0) is 6.54 Å². The van der Waals surface area contributed by atoms with E-state index in [1.807, 2.05) is 31.6 Å². The van der Waals surface area contributed by atoms with E-state index in [2.05, 4.69) is 27.5 Å². The largest absolute Gasteiger partial charge is 0.326 e. The van der Waals surface area contributed by atoms with Crippen molar-refractivity contribution in [3.05, 3.63) is 42.7 Å². The van der Waals surface area contributed by atoms with Gasteiger partial charge in [0.05, 0.1) is 17.4 Å². The van der Waals surface area contributed by atoms with Crippen LogP contribution in [0.1, 0.15) is 0 Å². The van der Waals surface area contributed by atoms with Gasteiger partial charge in [0.1, 0.15) is 0 Å². The van der Waals surface area contributed by atoms with Crippen molar-refractivity contribution in [2.75, 3.05) is 13.6 Å². The molecule has 3 nitrogen and oxygen atoms in total. The molecule has 0 aliphatic carbocycles. The second-order valence-corrected chi connectivity index (χ2v) is 3.64. The SMILES string of the molecule is C=C(CNC)Cn1cnc2ccccc21. The van der Waals surface area contributed by atoms with Gasteiger partial charge in [-0.25, -0.2) is 4.98 Å². The van der Waals surface area contributed by atoms with Crippen molar-refractivity contribution >= 4 is 11.0 Å². The molecule has 2 rings (SSSR count). The molecule has 0 saturated carbocycles. The van der Waals surface area contributed by atoms with Crippen LogP contribution in [0.5, 0.6) is 0 Å². The quantitative estimate of drug-likeness (QED) is 0.765. The highest BCUT2D eigenvalue weighted by Crippen LogP contribution is 2.12. The van der Waals surface area contributed by atoms with Crippen molar-refractivity contribution in [1.82, 2.24) is 14.9 Å². The fourth-order valence-electron chi connectivity index (χ4n) is 1.68. The van der Waals surface area contributed by atoms with Crippen LogP contribution in [0.2, 0.25) is 0 Å². The number of benzene rings is 1. The summed E-state index contributed by atoms with van der Waals surface area (Å²) in [6.07, 6.45) is 1.87. The summed E-state index contributed by atoms with van der Waals surface area (Å²) in [4.78, 5) is 4.33. The maximum absolute atomic E-state index is 4.33. The monoisotopic (exact) mass is 201 g/mol. The molecule has 1 aromatic heterocycles. The second-order valence-electron chi connectivity index (χ2n) is 3.64. The minimum atomic E-state index is 0.821. The summed E-state index contributed by atoms with van der Waals surface area (Å²) in [5.41, 5.74) is 3.35. The Kier molecular flexibility index (Phi) is 2.83. The van der Waals surface area contributed by atoms with E-state index in [1.54, 1.807) is 0 Å². The molecular weight excluding hydrogens is 186 g/mol. The van der Waals surface area contributed by atoms with E-state index in [9.17, 15) is 0 Å². The summed E-state index contributed by atoms with van der Waals surface area (Å²) in [6, 6.07) is 8.13. The van der Waals surface area contributed by atoms with E-state index in [-0.39, 0.29) is 0 Å². The normalized spacial score (nSPS) is 10.7. The highest BCUT2D eigenvalue weighted by atomic mass is 15.0. The van der Waals surface area contributed by atoms with Crippen LogP contribution in [0.4, 0.5) is 0 Å². The maximum Gasteiger partial charge on any atom is 0.0961 e. The Balaban J connectivity index is 2.25. The third-order valence-electron chi connectivity index (χ3n) is 2.35. The van der Waals surface area contributed by atoms with Crippen LogP contribution in [0.15, 0.2) is 42.7 Å². The molecule has 78 valence electrons. The summed E-state index contributed by atoms with van der Waals surface area (Å²) in [6.45, 7) is 5.68. The minimum Gasteiger partial charge on any atom is -0.326 e. The first-order chi connectivity index (χ1) is 7.31. The van der Waals surface area contributed by atoms with Crippen LogP contribution in [-0.4, -0.2) is 23.1 Å². The number of rotatable bonds is 4. The van der Waals surface area contributed by atoms with E-state index in [4.69, 9.17) is 0 Å². The number of hydrogen-bond acceptors (Lipinski definition) is 2. The first kappa shape index (κ1) is 9.93. The summed E-state index contributed by atoms with van der Waals surface area (Å²) >= 11 is 0. The fourth-order valence-corrected chi connectivity index (χ4v) is 1.68. The third kappa shape index (κ3) is 2.07. The Hall–Kier alpha value is -1.61. The zero-order valence-corrected chi connectivity index (χ0v) is 8.90. The smallest absolute Gasteiger partial charge is 0.0961 e. The van der Waals surface area contributed by atoms with Gasteiger partial charge in [-0.2, -0.15) is 0 Å². The molecule has 3 heteroatoms. The number of nitrogens with zero attached hydrogens (tertiary/aromatic N) is 2. The van der Waals surface area contributed by atoms with Crippen LogP contribution >= 0.6 is 0 Å². The van der Waals surface area contributed by atoms with Crippen molar-refractivity contribution in [1.29, 1.82) is 0 Å². The average molecular weight is 201 g/mol. The van der Waals surface area contributed by atoms with E-state index in [0.29, 0.717) is 0 Å². The lowest BCUT2D eigenvalue weighted by molar-refractivity contribution is 0.752. The van der Waals surface area contributed by atoms with Crippen molar-refractivity contribution in [2.24, 2.45) is 0 Å². The number of hydrogen-bond donors (Lipinski definition) is 1. The summed E-state index contributed by atoms with van der Waals surface area (Å²) in [5.74, 6) is 0. The van der Waals surface area contributed by atoms with Gasteiger partial charge in [-0.15, -0.1) is 0 Å². The molecule has 0 radical (unpaired) electrons. The van der Waals surface area contributed by atoms with E-state index in [1.165, 1.54) is 0 Å². The minimum absolute atomic E-state index is 0.821. The molecular formula is C12H15N3. The fraction of sp³-hybridized carbons (Fsp3) is 0.250. The molecule has 1 N–H and O–H groups in total. The molecule has 2 aromatic rings. The first-order valence-electron chi connectivity index (χ1n) is 5.02. The number of nitrogens with one attached hydrogen (secondary N) is 1. The maximum atomic E-state index is 4.33. The van der Waals surface area contributed by atoms with E-state index < -0.39 is 0 Å². The van der Waals surface area contributed by atoms with Gasteiger partial charge in [-0.05, 0) is 24.8 Å². The zero-order valence-electron chi connectivity index (χ0n) is 8.90. The third-order valence-corrected chi connectivity index (χ3v) is 2.35. The Morgan fingerprint density at radius 2 is 2.27 bits per heavy atom. The molecule has 1 aromatic carbocycles. The highest BCUT2D eigenvalue weighted by molar-refractivity contribution is 5.74. The van der Waals surface area contributed by atoms with Gasteiger partial charge in [0.2, 0.25) is 0 Å². The van der Waals surface area contributed by atoms with Crippen molar-refractivity contribution in [3.63, 3.8) is 0 Å². The van der Waals surface area contributed by atoms with Crippen LogP contribution in [0.3, 0.4) is 0 Å². The van der Waals surface area contributed by atoms with Gasteiger partial charge in [0.25, 0.3) is 0 Å². The predicted octanol–water partition coefficient (Wildman–Crippen LogP) is 1.81. The summed E-state index contributed by atoms with van der Waals surface area (Å²) in [7, 11) is 1.93. The van der Waals surface area contributed by atoms with Gasteiger partial charge < -0.3 is 9.88 Å². The second kappa shape index (κ2) is 4.28. The lowest BCUT2D eigenvalue weighted by Gasteiger charge is -2.06. The van der Waals surface area contributed by atoms with Gasteiger partial charge in [-0.1, -0.05) is 18.7 Å². The van der Waals surface area contributed by atoms with E-state index >= 15 is 0 Å². The van der Waals surface area contributed by atoms with Crippen LogP contribution in [0.25, 0.3) is 11.0 Å². The average Bonchev–Trinajstić information content (AvgIpc) is 2.62. The zero-order chi connectivity index (χ0) is 10.7. The Morgan fingerprint density at radius 3 is 3.07 bits per heavy atom. The Labute approximate surface area is 89.4 Å². The lowest BCUT2D eigenvalue weighted by atomic mass is 10.3. The van der Waals surface area contributed by atoms with Crippen LogP contribution in [0, 0.1) is 0 Å². The molecule has 15 heavy (non-hydrogen) atoms. The lowest BCUT2D eigenvalue weighted by Crippen LogP contribution is -2.13. The number of likely N-dealkylation sites (N-methyl/N-ethyl adjacent to an activating group) is 1. The summed E-state index contributed by atoms with van der Waals surface area (Å²) < 4.78 is 2.12. The number of imidazole rings is 1. The first-order valence-corrected chi connectivity index (χ1v) is 5.02. The highest BCUT2D eigenvalue weighted by Gasteiger charge is 2.01. The molecule has 1 heterocycles. The molecule has 0 spiro atoms. The Morgan fingerprint density at radius 1 is 1.47 bits per heavy atom. The van der Waals surface area contributed by atoms with Gasteiger partial charge >= 0.3 is 0 Å². The molecule has 0 aliphatic heterocycles. The number of fused-ring (bicyclic) bond motifs is 1. The molecule has 0 fully saturated rings. The molecule has 0 bridgehead atoms. The molecule has 0 amide bonds. The van der Waals surface area contributed by atoms with Gasteiger partial charge in [0.15, 0.2) is 0 Å². The molecule has 0 saturated heterocycles. The molecule has 0 atom stereocenters. The van der Waals surface area contributed by atoms with E-state index in [0.717, 1.165) is 29.7 Å². The standard InChI is InChI=1S/C12H15N3/c1-10(7-13-2)8-15-9-14-11-5-3-4-6-12(11)15/h3-6,9,13H,1,7-8H2,2H3. The van der Waals surface area contributed by atoms with Crippen molar-refractivity contribution in [3.8, 4) is 0 Å². The van der Waals surface area contributed by atoms with Crippen LogP contribution < -0.4 is 5.32 Å². The number of para-hydroxylation sites is 2. The van der Waals surface area contributed by atoms with Gasteiger partial charge in [0, 0.05) is 13.1 Å². The predicted molar refractivity (Wildman–Crippen MR) is 62.8 cm³/mol. The number of aromatic nitrogens is 2. The topological polar surface area (TPSA) is 29.9 Å². The van der Waals surface area contributed by atoms with Crippen molar-refractivity contribution in [2.45, 2.75) is 6.54 Å². The van der Waals surface area contributed by atoms with Crippen molar-refractivity contribution < 1.29 is 0 Å². The van der Waals surface area contributed by atoms with Gasteiger partial charge in [-0.3, -0.25) is 0 Å².